The molecule has 0 aliphatic carbocycles. The van der Waals surface area contributed by atoms with E-state index in [1.54, 1.807) is 25.2 Å². The van der Waals surface area contributed by atoms with E-state index >= 15 is 0 Å². The number of anilines is 1. The first-order valence-electron chi connectivity index (χ1n) is 6.66. The first-order valence-corrected chi connectivity index (χ1v) is 6.66. The molecule has 0 bridgehead atoms. The molecule has 20 heavy (non-hydrogen) atoms. The quantitative estimate of drug-likeness (QED) is 0.772. The van der Waals surface area contributed by atoms with Gasteiger partial charge in [-0.05, 0) is 26.0 Å². The molecule has 1 aromatic rings. The lowest BCUT2D eigenvalue weighted by atomic mass is 10.1. The Morgan fingerprint density at radius 2 is 2.05 bits per heavy atom. The molecule has 5 nitrogen and oxygen atoms in total. The molecule has 1 unspecified atom stereocenters. The first-order chi connectivity index (χ1) is 9.51. The van der Waals surface area contributed by atoms with E-state index in [1.807, 2.05) is 26.0 Å². The van der Waals surface area contributed by atoms with Crippen molar-refractivity contribution < 1.29 is 14.3 Å². The van der Waals surface area contributed by atoms with Crippen LogP contribution >= 0.6 is 0 Å². The summed E-state index contributed by atoms with van der Waals surface area (Å²) in [5, 5.41) is 0. The van der Waals surface area contributed by atoms with Crippen LogP contribution in [-0.4, -0.2) is 50.8 Å². The van der Waals surface area contributed by atoms with E-state index < -0.39 is 0 Å². The number of amides is 1. The van der Waals surface area contributed by atoms with Gasteiger partial charge in [-0.15, -0.1) is 0 Å². The topological polar surface area (TPSA) is 64.8 Å². The third kappa shape index (κ3) is 4.21. The number of nitrogens with two attached hydrogens (primary N) is 1. The van der Waals surface area contributed by atoms with Gasteiger partial charge in [-0.1, -0.05) is 11.6 Å². The van der Waals surface area contributed by atoms with E-state index in [2.05, 4.69) is 0 Å². The van der Waals surface area contributed by atoms with Gasteiger partial charge in [-0.2, -0.15) is 0 Å². The van der Waals surface area contributed by atoms with Crippen LogP contribution in [0, 0.1) is 6.92 Å². The normalized spacial score (nSPS) is 12.2. The van der Waals surface area contributed by atoms with Crippen molar-refractivity contribution in [2.45, 2.75) is 19.9 Å². The Morgan fingerprint density at radius 3 is 2.65 bits per heavy atom. The van der Waals surface area contributed by atoms with Crippen LogP contribution in [0.15, 0.2) is 18.2 Å². The van der Waals surface area contributed by atoms with Gasteiger partial charge in [0.05, 0.1) is 24.8 Å². The van der Waals surface area contributed by atoms with Crippen molar-refractivity contribution in [1.29, 1.82) is 0 Å². The fourth-order valence-corrected chi connectivity index (χ4v) is 2.05. The molecule has 0 saturated heterocycles. The van der Waals surface area contributed by atoms with Crippen LogP contribution < -0.4 is 5.73 Å². The van der Waals surface area contributed by atoms with Gasteiger partial charge >= 0.3 is 0 Å². The molecule has 0 fully saturated rings. The first kappa shape index (κ1) is 16.5. The number of aryl methyl sites for hydroxylation is 1. The summed E-state index contributed by atoms with van der Waals surface area (Å²) in [6.07, 6.45) is 0. The second-order valence-electron chi connectivity index (χ2n) is 4.89. The number of hydrogen-bond acceptors (Lipinski definition) is 4. The van der Waals surface area contributed by atoms with E-state index in [0.29, 0.717) is 31.0 Å². The van der Waals surface area contributed by atoms with Crippen molar-refractivity contribution >= 4 is 11.6 Å². The van der Waals surface area contributed by atoms with Crippen LogP contribution in [0.5, 0.6) is 0 Å². The van der Waals surface area contributed by atoms with Crippen LogP contribution in [0.4, 0.5) is 5.69 Å². The SMILES string of the molecule is COCCN(C(=O)c1cc(C)ccc1N)C(C)COC. The largest absolute Gasteiger partial charge is 0.398 e. The Hall–Kier alpha value is -1.59. The number of carbonyl (C=O) groups is 1. The van der Waals surface area contributed by atoms with E-state index in [4.69, 9.17) is 15.2 Å². The maximum Gasteiger partial charge on any atom is 0.256 e. The number of carbonyl (C=O) groups excluding carboxylic acids is 1. The molecule has 1 rings (SSSR count). The predicted octanol–water partition coefficient (Wildman–Crippen LogP) is 1.70. The highest BCUT2D eigenvalue weighted by molar-refractivity contribution is 5.99. The second kappa shape index (κ2) is 7.87. The highest BCUT2D eigenvalue weighted by atomic mass is 16.5. The minimum absolute atomic E-state index is 0.0393. The smallest absolute Gasteiger partial charge is 0.256 e. The Kier molecular flexibility index (Phi) is 6.48. The summed E-state index contributed by atoms with van der Waals surface area (Å²) >= 11 is 0. The maximum absolute atomic E-state index is 12.7. The molecule has 0 aromatic heterocycles. The lowest BCUT2D eigenvalue weighted by Crippen LogP contribution is -2.43. The monoisotopic (exact) mass is 280 g/mol. The fourth-order valence-electron chi connectivity index (χ4n) is 2.05. The molecule has 0 aliphatic rings. The van der Waals surface area contributed by atoms with E-state index in [-0.39, 0.29) is 11.9 Å². The number of benzene rings is 1. The predicted molar refractivity (Wildman–Crippen MR) is 79.8 cm³/mol. The van der Waals surface area contributed by atoms with Crippen molar-refractivity contribution in [2.75, 3.05) is 39.7 Å². The second-order valence-corrected chi connectivity index (χ2v) is 4.89. The fraction of sp³-hybridized carbons (Fsp3) is 0.533. The Balaban J connectivity index is 2.99. The molecule has 0 aliphatic heterocycles. The Morgan fingerprint density at radius 1 is 1.35 bits per heavy atom. The summed E-state index contributed by atoms with van der Waals surface area (Å²) in [6, 6.07) is 5.43. The lowest BCUT2D eigenvalue weighted by molar-refractivity contribution is 0.0480. The average Bonchev–Trinajstić information content (AvgIpc) is 2.42. The summed E-state index contributed by atoms with van der Waals surface area (Å²) in [5.41, 5.74) is 7.95. The van der Waals surface area contributed by atoms with Crippen molar-refractivity contribution in [3.63, 3.8) is 0 Å². The van der Waals surface area contributed by atoms with Gasteiger partial charge in [0.15, 0.2) is 0 Å². The number of nitrogen functional groups attached to an aromatic ring is 1. The van der Waals surface area contributed by atoms with Crippen LogP contribution in [0.1, 0.15) is 22.8 Å². The van der Waals surface area contributed by atoms with Gasteiger partial charge in [0.2, 0.25) is 0 Å². The summed E-state index contributed by atoms with van der Waals surface area (Å²) in [5.74, 6) is -0.0900. The number of hydrogen-bond donors (Lipinski definition) is 1. The van der Waals surface area contributed by atoms with Gasteiger partial charge in [0.1, 0.15) is 0 Å². The third-order valence-corrected chi connectivity index (χ3v) is 3.18. The van der Waals surface area contributed by atoms with Crippen molar-refractivity contribution in [1.82, 2.24) is 4.90 Å². The number of rotatable bonds is 7. The highest BCUT2D eigenvalue weighted by Crippen LogP contribution is 2.17. The van der Waals surface area contributed by atoms with E-state index in [9.17, 15) is 4.79 Å². The molecule has 5 heteroatoms. The molecule has 112 valence electrons. The highest BCUT2D eigenvalue weighted by Gasteiger charge is 2.22. The van der Waals surface area contributed by atoms with Gasteiger partial charge in [0, 0.05) is 26.5 Å². The molecular formula is C15H24N2O3. The van der Waals surface area contributed by atoms with Crippen molar-refractivity contribution in [3.8, 4) is 0 Å². The van der Waals surface area contributed by atoms with Crippen LogP contribution in [0.2, 0.25) is 0 Å². The number of nitrogens with zero attached hydrogens (tertiary/aromatic N) is 1. The molecule has 0 spiro atoms. The molecule has 1 aromatic carbocycles. The minimum Gasteiger partial charge on any atom is -0.398 e. The molecule has 1 atom stereocenters. The summed E-state index contributed by atoms with van der Waals surface area (Å²) < 4.78 is 10.2. The molecule has 1 amide bonds. The molecule has 0 radical (unpaired) electrons. The van der Waals surface area contributed by atoms with Crippen LogP contribution in [0.25, 0.3) is 0 Å². The molecule has 2 N–H and O–H groups in total. The van der Waals surface area contributed by atoms with Crippen LogP contribution in [-0.2, 0) is 9.47 Å². The zero-order valence-electron chi connectivity index (χ0n) is 12.7. The van der Waals surface area contributed by atoms with Gasteiger partial charge in [-0.3, -0.25) is 4.79 Å². The average molecular weight is 280 g/mol. The zero-order valence-corrected chi connectivity index (χ0v) is 12.7. The summed E-state index contributed by atoms with van der Waals surface area (Å²) in [7, 11) is 3.24. The Bertz CT molecular complexity index is 449. The molecular weight excluding hydrogens is 256 g/mol. The van der Waals surface area contributed by atoms with Gasteiger partial charge in [0.25, 0.3) is 5.91 Å². The summed E-state index contributed by atoms with van der Waals surface area (Å²) in [4.78, 5) is 14.4. The van der Waals surface area contributed by atoms with Crippen molar-refractivity contribution in [2.24, 2.45) is 0 Å². The number of ether oxygens (including phenoxy) is 2. The third-order valence-electron chi connectivity index (χ3n) is 3.18. The van der Waals surface area contributed by atoms with E-state index in [1.165, 1.54) is 0 Å². The maximum atomic E-state index is 12.7. The zero-order chi connectivity index (χ0) is 15.1. The Labute approximate surface area is 120 Å². The lowest BCUT2D eigenvalue weighted by Gasteiger charge is -2.29. The van der Waals surface area contributed by atoms with E-state index in [0.717, 1.165) is 5.56 Å². The van der Waals surface area contributed by atoms with Gasteiger partial charge in [-0.25, -0.2) is 0 Å². The standard InChI is InChI=1S/C15H24N2O3/c1-11-5-6-14(16)13(9-11)15(18)17(7-8-19-3)12(2)10-20-4/h5-6,9,12H,7-8,10,16H2,1-4H3. The number of methoxy groups -OCH3 is 2. The van der Waals surface area contributed by atoms with Gasteiger partial charge < -0.3 is 20.1 Å². The summed E-state index contributed by atoms with van der Waals surface area (Å²) in [6.45, 7) is 5.34. The minimum atomic E-state index is -0.0900. The molecule has 0 saturated carbocycles. The molecule has 0 heterocycles. The van der Waals surface area contributed by atoms with Crippen LogP contribution in [0.3, 0.4) is 0 Å². The van der Waals surface area contributed by atoms with Crippen molar-refractivity contribution in [3.05, 3.63) is 29.3 Å².